The van der Waals surface area contributed by atoms with E-state index < -0.39 is 20.0 Å². The number of nitrogen functional groups attached to an aromatic ring is 1. The van der Waals surface area contributed by atoms with E-state index in [0.29, 0.717) is 11.2 Å². The van der Waals surface area contributed by atoms with Gasteiger partial charge in [0.1, 0.15) is 24.3 Å². The summed E-state index contributed by atoms with van der Waals surface area (Å²) in [6, 6.07) is 0. The van der Waals surface area contributed by atoms with Crippen LogP contribution in [0.2, 0.25) is 0 Å². The minimum atomic E-state index is -4.27. The van der Waals surface area contributed by atoms with Crippen molar-refractivity contribution in [3.8, 4) is 12.3 Å². The minimum Gasteiger partial charge on any atom is -0.382 e. The molecule has 4 N–H and O–H groups in total. The predicted octanol–water partition coefficient (Wildman–Crippen LogP) is -0.438. The first-order valence-electron chi connectivity index (χ1n) is 5.44. The molecule has 2 heterocycles. The van der Waals surface area contributed by atoms with Crippen molar-refractivity contribution in [1.82, 2.24) is 19.5 Å². The molecule has 2 aromatic rings. The van der Waals surface area contributed by atoms with E-state index in [0.717, 1.165) is 0 Å². The van der Waals surface area contributed by atoms with Crippen molar-refractivity contribution in [2.45, 2.75) is 12.6 Å². The second-order valence-electron chi connectivity index (χ2n) is 3.94. The van der Waals surface area contributed by atoms with Gasteiger partial charge in [-0.15, -0.1) is 6.42 Å². The molecule has 10 heteroatoms. The molecule has 0 amide bonds. The van der Waals surface area contributed by atoms with E-state index in [4.69, 9.17) is 26.7 Å². The molecule has 9 nitrogen and oxygen atoms in total. The number of aromatic nitrogens is 4. The Kier molecular flexibility index (Phi) is 4.01. The summed E-state index contributed by atoms with van der Waals surface area (Å²) in [4.78, 5) is 29.4. The van der Waals surface area contributed by atoms with Crippen LogP contribution >= 0.6 is 7.60 Å². The number of anilines is 1. The van der Waals surface area contributed by atoms with Crippen LogP contribution in [0, 0.1) is 12.3 Å². The fourth-order valence-electron chi connectivity index (χ4n) is 1.55. The van der Waals surface area contributed by atoms with Gasteiger partial charge in [-0.2, -0.15) is 0 Å². The van der Waals surface area contributed by atoms with Crippen LogP contribution in [-0.4, -0.2) is 41.8 Å². The number of imidazole rings is 1. The Morgan fingerprint density at radius 1 is 1.50 bits per heavy atom. The zero-order chi connectivity index (χ0) is 14.8. The molecule has 1 unspecified atom stereocenters. The van der Waals surface area contributed by atoms with Gasteiger partial charge in [0.25, 0.3) is 0 Å². The second-order valence-corrected chi connectivity index (χ2v) is 5.53. The lowest BCUT2D eigenvalue weighted by atomic mass is 10.3. The van der Waals surface area contributed by atoms with E-state index >= 15 is 0 Å². The number of rotatable bonds is 5. The largest absolute Gasteiger partial charge is 0.382 e. The lowest BCUT2D eigenvalue weighted by Gasteiger charge is -2.13. The summed E-state index contributed by atoms with van der Waals surface area (Å²) in [5.74, 6) is 2.54. The molecule has 106 valence electrons. The van der Waals surface area contributed by atoms with Gasteiger partial charge in [-0.1, -0.05) is 5.92 Å². The number of fused-ring (bicyclic) bond motifs is 1. The molecule has 0 aliphatic heterocycles. The van der Waals surface area contributed by atoms with Gasteiger partial charge in [0, 0.05) is 0 Å². The fraction of sp³-hybridized carbons (Fsp3) is 0.300. The second kappa shape index (κ2) is 5.56. The van der Waals surface area contributed by atoms with Gasteiger partial charge in [0.05, 0.1) is 12.9 Å². The van der Waals surface area contributed by atoms with E-state index in [1.165, 1.54) is 12.7 Å². The van der Waals surface area contributed by atoms with Crippen molar-refractivity contribution < 1.29 is 19.1 Å². The molecule has 0 radical (unpaired) electrons. The molecule has 0 bridgehead atoms. The van der Waals surface area contributed by atoms with Gasteiger partial charge in [-0.3, -0.25) is 4.57 Å². The third-order valence-corrected chi connectivity index (χ3v) is 2.91. The lowest BCUT2D eigenvalue weighted by Crippen LogP contribution is -2.19. The summed E-state index contributed by atoms with van der Waals surface area (Å²) in [6.45, 7) is 0.142. The van der Waals surface area contributed by atoms with Crippen molar-refractivity contribution in [2.24, 2.45) is 0 Å². The standard InChI is InChI=1S/C10H12N5O4P/c1-2-7(19-6-20(16,17)18)3-15-5-14-8-9(11)12-4-13-10(8)15/h1,4-5,7H,3,6H2,(H2,11,12,13)(H2,16,17,18). The highest BCUT2D eigenvalue weighted by Crippen LogP contribution is 2.34. The number of nitrogens with two attached hydrogens (primary N) is 1. The quantitative estimate of drug-likeness (QED) is 0.499. The fourth-order valence-corrected chi connectivity index (χ4v) is 1.93. The van der Waals surface area contributed by atoms with Crippen molar-refractivity contribution >= 4 is 24.6 Å². The molecule has 2 aromatic heterocycles. The van der Waals surface area contributed by atoms with Crippen molar-refractivity contribution in [3.05, 3.63) is 12.7 Å². The van der Waals surface area contributed by atoms with Crippen LogP contribution in [-0.2, 0) is 15.8 Å². The Bertz CT molecular complexity index is 703. The predicted molar refractivity (Wildman–Crippen MR) is 70.4 cm³/mol. The number of hydrogen-bond acceptors (Lipinski definition) is 6. The maximum absolute atomic E-state index is 10.8. The van der Waals surface area contributed by atoms with E-state index in [-0.39, 0.29) is 12.4 Å². The van der Waals surface area contributed by atoms with Crippen LogP contribution in [0.3, 0.4) is 0 Å². The summed E-state index contributed by atoms with van der Waals surface area (Å²) in [7, 11) is -4.27. The summed E-state index contributed by atoms with van der Waals surface area (Å²) < 4.78 is 17.3. The SMILES string of the molecule is C#CC(Cn1cnc2c(N)ncnc21)OCP(=O)(O)O. The highest BCUT2D eigenvalue weighted by molar-refractivity contribution is 7.51. The van der Waals surface area contributed by atoms with E-state index in [1.807, 2.05) is 0 Å². The van der Waals surface area contributed by atoms with Gasteiger partial charge in [-0.25, -0.2) is 15.0 Å². The highest BCUT2D eigenvalue weighted by Gasteiger charge is 2.18. The Balaban J connectivity index is 2.16. The Morgan fingerprint density at radius 2 is 2.25 bits per heavy atom. The monoisotopic (exact) mass is 297 g/mol. The average Bonchev–Trinajstić information content (AvgIpc) is 2.78. The Morgan fingerprint density at radius 3 is 2.90 bits per heavy atom. The summed E-state index contributed by atoms with van der Waals surface area (Å²) >= 11 is 0. The molecular formula is C10H12N5O4P. The number of nitrogens with zero attached hydrogens (tertiary/aromatic N) is 4. The van der Waals surface area contributed by atoms with Gasteiger partial charge >= 0.3 is 7.60 Å². The summed E-state index contributed by atoms with van der Waals surface area (Å²) in [5, 5.41) is 0. The van der Waals surface area contributed by atoms with Crippen LogP contribution in [0.4, 0.5) is 5.82 Å². The van der Waals surface area contributed by atoms with E-state index in [2.05, 4.69) is 20.9 Å². The third kappa shape index (κ3) is 3.31. The van der Waals surface area contributed by atoms with Crippen molar-refractivity contribution in [3.63, 3.8) is 0 Å². The maximum Gasteiger partial charge on any atom is 0.351 e. The molecule has 0 aliphatic carbocycles. The van der Waals surface area contributed by atoms with Crippen LogP contribution in [0.15, 0.2) is 12.7 Å². The normalized spacial score (nSPS) is 13.2. The first-order chi connectivity index (χ1) is 9.40. The average molecular weight is 297 g/mol. The zero-order valence-electron chi connectivity index (χ0n) is 10.2. The first-order valence-corrected chi connectivity index (χ1v) is 7.24. The number of terminal acetylenes is 1. The summed E-state index contributed by atoms with van der Waals surface area (Å²) in [6.07, 6.45) is 6.45. The Labute approximate surface area is 114 Å². The molecule has 20 heavy (non-hydrogen) atoms. The number of ether oxygens (including phenoxy) is 1. The van der Waals surface area contributed by atoms with Crippen LogP contribution in [0.5, 0.6) is 0 Å². The van der Waals surface area contributed by atoms with E-state index in [1.54, 1.807) is 4.57 Å². The van der Waals surface area contributed by atoms with Crippen molar-refractivity contribution in [2.75, 3.05) is 12.1 Å². The van der Waals surface area contributed by atoms with Crippen LogP contribution in [0.1, 0.15) is 0 Å². The third-order valence-electron chi connectivity index (χ3n) is 2.42. The first kappa shape index (κ1) is 14.4. The molecule has 0 aliphatic rings. The lowest BCUT2D eigenvalue weighted by molar-refractivity contribution is 0.103. The van der Waals surface area contributed by atoms with Crippen LogP contribution < -0.4 is 5.73 Å². The zero-order valence-corrected chi connectivity index (χ0v) is 11.1. The molecule has 1 atom stereocenters. The Hall–Kier alpha value is -1.98. The maximum atomic E-state index is 10.8. The topological polar surface area (TPSA) is 136 Å². The number of hydrogen-bond donors (Lipinski definition) is 3. The molecule has 0 saturated carbocycles. The van der Waals surface area contributed by atoms with Gasteiger partial charge in [-0.05, 0) is 0 Å². The van der Waals surface area contributed by atoms with Gasteiger partial charge in [0.2, 0.25) is 0 Å². The minimum absolute atomic E-state index is 0.142. The smallest absolute Gasteiger partial charge is 0.351 e. The highest BCUT2D eigenvalue weighted by atomic mass is 31.2. The molecule has 0 fully saturated rings. The van der Waals surface area contributed by atoms with Gasteiger partial charge in [0.15, 0.2) is 11.5 Å². The van der Waals surface area contributed by atoms with Crippen LogP contribution in [0.25, 0.3) is 11.2 Å². The summed E-state index contributed by atoms with van der Waals surface area (Å²) in [5.41, 5.74) is 6.55. The molecule has 0 aromatic carbocycles. The molecule has 0 spiro atoms. The molecule has 0 saturated heterocycles. The van der Waals surface area contributed by atoms with Crippen molar-refractivity contribution in [1.29, 1.82) is 0 Å². The molecular weight excluding hydrogens is 285 g/mol. The molecule has 2 rings (SSSR count). The van der Waals surface area contributed by atoms with Gasteiger partial charge < -0.3 is 24.8 Å². The van der Waals surface area contributed by atoms with E-state index in [9.17, 15) is 4.57 Å².